The molecule has 7 heteroatoms. The lowest BCUT2D eigenvalue weighted by Crippen LogP contribution is -2.04. The van der Waals surface area contributed by atoms with E-state index < -0.39 is 11.7 Å². The highest BCUT2D eigenvalue weighted by molar-refractivity contribution is 6.31. The van der Waals surface area contributed by atoms with Gasteiger partial charge in [-0.3, -0.25) is 4.79 Å². The maximum Gasteiger partial charge on any atom is 0.416 e. The lowest BCUT2D eigenvalue weighted by atomic mass is 10.1. The van der Waals surface area contributed by atoms with E-state index in [-0.39, 0.29) is 16.5 Å². The monoisotopic (exact) mass is 275 g/mol. The van der Waals surface area contributed by atoms with Gasteiger partial charge in [-0.2, -0.15) is 13.2 Å². The van der Waals surface area contributed by atoms with Gasteiger partial charge in [-0.1, -0.05) is 17.3 Å². The number of alkyl halides is 3. The molecular weight excluding hydrogens is 271 g/mol. The molecule has 0 unspecified atom stereocenters. The first-order chi connectivity index (χ1) is 8.43. The molecule has 0 amide bonds. The van der Waals surface area contributed by atoms with Crippen LogP contribution in [-0.2, 0) is 6.18 Å². The van der Waals surface area contributed by atoms with Gasteiger partial charge >= 0.3 is 6.18 Å². The van der Waals surface area contributed by atoms with Crippen LogP contribution >= 0.6 is 11.6 Å². The fraction of sp³-hybridized carbons (Fsp3) is 0.0909. The standard InChI is InChI=1S/C11H5ClF3NO2/c12-10-8(5-17)9(16-18-10)6-1-3-7(4-2-6)11(13,14)15/h1-5H. The average molecular weight is 276 g/mol. The van der Waals surface area contributed by atoms with E-state index in [0.29, 0.717) is 11.8 Å². The third-order valence-electron chi connectivity index (χ3n) is 2.29. The second-order valence-corrected chi connectivity index (χ2v) is 3.75. The summed E-state index contributed by atoms with van der Waals surface area (Å²) in [7, 11) is 0. The number of benzene rings is 1. The molecule has 18 heavy (non-hydrogen) atoms. The van der Waals surface area contributed by atoms with Crippen molar-refractivity contribution >= 4 is 17.9 Å². The molecule has 0 bridgehead atoms. The van der Waals surface area contributed by atoms with Crippen LogP contribution in [0.15, 0.2) is 28.8 Å². The van der Waals surface area contributed by atoms with Crippen molar-refractivity contribution in [2.75, 3.05) is 0 Å². The highest BCUT2D eigenvalue weighted by atomic mass is 35.5. The summed E-state index contributed by atoms with van der Waals surface area (Å²) in [4.78, 5) is 10.7. The minimum atomic E-state index is -4.41. The van der Waals surface area contributed by atoms with Gasteiger partial charge in [0, 0.05) is 5.56 Å². The number of hydrogen-bond donors (Lipinski definition) is 0. The number of aromatic nitrogens is 1. The number of carbonyl (C=O) groups is 1. The van der Waals surface area contributed by atoms with Crippen LogP contribution < -0.4 is 0 Å². The summed E-state index contributed by atoms with van der Waals surface area (Å²) >= 11 is 5.56. The Balaban J connectivity index is 2.43. The molecule has 0 atom stereocenters. The van der Waals surface area contributed by atoms with Crippen molar-refractivity contribution in [2.45, 2.75) is 6.18 Å². The van der Waals surface area contributed by atoms with Gasteiger partial charge in [-0.05, 0) is 23.7 Å². The molecule has 0 aliphatic carbocycles. The van der Waals surface area contributed by atoms with E-state index in [2.05, 4.69) is 9.68 Å². The molecule has 0 radical (unpaired) electrons. The summed E-state index contributed by atoms with van der Waals surface area (Å²) in [5.41, 5.74) is -0.339. The Hall–Kier alpha value is -1.82. The molecule has 1 aromatic heterocycles. The van der Waals surface area contributed by atoms with Crippen molar-refractivity contribution in [3.63, 3.8) is 0 Å². The van der Waals surface area contributed by atoms with Crippen LogP contribution in [-0.4, -0.2) is 11.4 Å². The number of aldehydes is 1. The minimum absolute atomic E-state index is 0.0106. The predicted molar refractivity (Wildman–Crippen MR) is 57.3 cm³/mol. The van der Waals surface area contributed by atoms with E-state index in [1.54, 1.807) is 0 Å². The number of nitrogens with zero attached hydrogens (tertiary/aromatic N) is 1. The molecular formula is C11H5ClF3NO2. The van der Waals surface area contributed by atoms with Crippen LogP contribution in [0.3, 0.4) is 0 Å². The Morgan fingerprint density at radius 3 is 2.33 bits per heavy atom. The van der Waals surface area contributed by atoms with E-state index in [9.17, 15) is 18.0 Å². The topological polar surface area (TPSA) is 43.1 Å². The van der Waals surface area contributed by atoms with Gasteiger partial charge in [-0.15, -0.1) is 0 Å². The minimum Gasteiger partial charge on any atom is -0.343 e. The smallest absolute Gasteiger partial charge is 0.343 e. The van der Waals surface area contributed by atoms with E-state index in [1.165, 1.54) is 12.1 Å². The SMILES string of the molecule is O=Cc1c(-c2ccc(C(F)(F)F)cc2)noc1Cl. The van der Waals surface area contributed by atoms with Crippen molar-refractivity contribution in [1.82, 2.24) is 5.16 Å². The van der Waals surface area contributed by atoms with Crippen molar-refractivity contribution in [2.24, 2.45) is 0 Å². The van der Waals surface area contributed by atoms with Gasteiger partial charge in [0.15, 0.2) is 6.29 Å². The maximum absolute atomic E-state index is 12.4. The van der Waals surface area contributed by atoms with Crippen molar-refractivity contribution in [1.29, 1.82) is 0 Å². The molecule has 0 spiro atoms. The van der Waals surface area contributed by atoms with Gasteiger partial charge < -0.3 is 4.52 Å². The van der Waals surface area contributed by atoms with Gasteiger partial charge in [-0.25, -0.2) is 0 Å². The normalized spacial score (nSPS) is 11.6. The van der Waals surface area contributed by atoms with Crippen molar-refractivity contribution in [3.8, 4) is 11.3 Å². The molecule has 0 N–H and O–H groups in total. The first-order valence-electron chi connectivity index (χ1n) is 4.71. The zero-order valence-corrected chi connectivity index (χ0v) is 9.42. The molecule has 0 saturated carbocycles. The van der Waals surface area contributed by atoms with Crippen molar-refractivity contribution < 1.29 is 22.5 Å². The highest BCUT2D eigenvalue weighted by Crippen LogP contribution is 2.32. The maximum atomic E-state index is 12.4. The molecule has 1 aromatic carbocycles. The Kier molecular flexibility index (Phi) is 3.13. The van der Waals surface area contributed by atoms with Crippen LogP contribution in [0.2, 0.25) is 5.22 Å². The first kappa shape index (κ1) is 12.6. The van der Waals surface area contributed by atoms with Crippen LogP contribution in [0.5, 0.6) is 0 Å². The molecule has 0 aliphatic heterocycles. The van der Waals surface area contributed by atoms with E-state index in [4.69, 9.17) is 11.6 Å². The number of hydrogen-bond acceptors (Lipinski definition) is 3. The second-order valence-electron chi connectivity index (χ2n) is 3.41. The van der Waals surface area contributed by atoms with Gasteiger partial charge in [0.1, 0.15) is 11.3 Å². The summed E-state index contributed by atoms with van der Waals surface area (Å²) in [6.07, 6.45) is -3.97. The molecule has 1 heterocycles. The third kappa shape index (κ3) is 2.24. The summed E-state index contributed by atoms with van der Waals surface area (Å²) < 4.78 is 41.7. The van der Waals surface area contributed by atoms with E-state index in [1.807, 2.05) is 0 Å². The summed E-state index contributed by atoms with van der Waals surface area (Å²) in [6, 6.07) is 4.19. The first-order valence-corrected chi connectivity index (χ1v) is 5.09. The number of rotatable bonds is 2. The van der Waals surface area contributed by atoms with Crippen LogP contribution in [0.25, 0.3) is 11.3 Å². The molecule has 2 rings (SSSR count). The summed E-state index contributed by atoms with van der Waals surface area (Å²) in [5.74, 6) is 0. The zero-order chi connectivity index (χ0) is 13.3. The van der Waals surface area contributed by atoms with Crippen LogP contribution in [0, 0.1) is 0 Å². The highest BCUT2D eigenvalue weighted by Gasteiger charge is 2.30. The van der Waals surface area contributed by atoms with Gasteiger partial charge in [0.25, 0.3) is 0 Å². The summed E-state index contributed by atoms with van der Waals surface area (Å²) in [5, 5.41) is 3.33. The van der Waals surface area contributed by atoms with E-state index >= 15 is 0 Å². The molecule has 94 valence electrons. The molecule has 3 nitrogen and oxygen atoms in total. The predicted octanol–water partition coefficient (Wildman–Crippen LogP) is 3.83. The van der Waals surface area contributed by atoms with Gasteiger partial charge in [0.2, 0.25) is 5.22 Å². The Morgan fingerprint density at radius 2 is 1.83 bits per heavy atom. The Bertz CT molecular complexity index is 575. The second kappa shape index (κ2) is 4.45. The van der Waals surface area contributed by atoms with Gasteiger partial charge in [0.05, 0.1) is 5.56 Å². The fourth-order valence-electron chi connectivity index (χ4n) is 1.40. The molecule has 0 fully saturated rings. The molecule has 0 aliphatic rings. The lowest BCUT2D eigenvalue weighted by Gasteiger charge is -2.06. The summed E-state index contributed by atoms with van der Waals surface area (Å²) in [6.45, 7) is 0. The Morgan fingerprint density at radius 1 is 1.22 bits per heavy atom. The fourth-order valence-corrected chi connectivity index (χ4v) is 1.57. The van der Waals surface area contributed by atoms with Crippen LogP contribution in [0.4, 0.5) is 13.2 Å². The molecule has 2 aromatic rings. The van der Waals surface area contributed by atoms with Crippen LogP contribution in [0.1, 0.15) is 15.9 Å². The zero-order valence-electron chi connectivity index (χ0n) is 8.66. The third-order valence-corrected chi connectivity index (χ3v) is 2.56. The largest absolute Gasteiger partial charge is 0.416 e. The molecule has 0 saturated heterocycles. The quantitative estimate of drug-likeness (QED) is 0.782. The van der Waals surface area contributed by atoms with E-state index in [0.717, 1.165) is 12.1 Å². The lowest BCUT2D eigenvalue weighted by molar-refractivity contribution is -0.137. The number of carbonyl (C=O) groups excluding carboxylic acids is 1. The Labute approximate surface area is 104 Å². The average Bonchev–Trinajstić information content (AvgIpc) is 2.69. The van der Waals surface area contributed by atoms with Crippen molar-refractivity contribution in [3.05, 3.63) is 40.6 Å². The number of halogens is 4.